The van der Waals surface area contributed by atoms with E-state index in [9.17, 15) is 4.79 Å². The second-order valence-corrected chi connectivity index (χ2v) is 3.88. The van der Waals surface area contributed by atoms with E-state index in [1.165, 1.54) is 0 Å². The lowest BCUT2D eigenvalue weighted by molar-refractivity contribution is -0.109. The van der Waals surface area contributed by atoms with Gasteiger partial charge in [-0.1, -0.05) is 30.3 Å². The largest absolute Gasteiger partial charge is 0.445 e. The van der Waals surface area contributed by atoms with Crippen molar-refractivity contribution in [2.75, 3.05) is 27.2 Å². The maximum Gasteiger partial charge on any atom is 0.407 e. The number of hydrogen-bond acceptors (Lipinski definition) is 4. The third-order valence-corrected chi connectivity index (χ3v) is 2.44. The van der Waals surface area contributed by atoms with Crippen LogP contribution < -0.4 is 5.32 Å². The van der Waals surface area contributed by atoms with Crippen molar-refractivity contribution in [1.82, 2.24) is 10.4 Å². The minimum atomic E-state index is -0.390. The Hall–Kier alpha value is -1.59. The van der Waals surface area contributed by atoms with Crippen molar-refractivity contribution >= 4 is 6.09 Å². The molecule has 0 heterocycles. The summed E-state index contributed by atoms with van der Waals surface area (Å²) in [7, 11) is 3.45. The summed E-state index contributed by atoms with van der Waals surface area (Å²) in [6.07, 6.45) is 0.420. The Morgan fingerprint density at radius 1 is 1.33 bits per heavy atom. The van der Waals surface area contributed by atoms with Gasteiger partial charge in [0.1, 0.15) is 6.61 Å². The molecule has 0 atom stereocenters. The van der Waals surface area contributed by atoms with Crippen LogP contribution in [-0.4, -0.2) is 38.4 Å². The van der Waals surface area contributed by atoms with Crippen LogP contribution in [0.4, 0.5) is 4.79 Å². The van der Waals surface area contributed by atoms with E-state index in [1.54, 1.807) is 12.2 Å². The van der Waals surface area contributed by atoms with Crippen LogP contribution in [0.3, 0.4) is 0 Å². The number of rotatable bonds is 7. The molecule has 1 aromatic rings. The first kappa shape index (κ1) is 14.5. The molecule has 1 rings (SSSR count). The summed E-state index contributed by atoms with van der Waals surface area (Å²) in [4.78, 5) is 16.3. The van der Waals surface area contributed by atoms with Gasteiger partial charge >= 0.3 is 6.09 Å². The van der Waals surface area contributed by atoms with Gasteiger partial charge in [0.2, 0.25) is 0 Å². The van der Waals surface area contributed by atoms with Crippen LogP contribution in [0.15, 0.2) is 30.3 Å². The van der Waals surface area contributed by atoms with Crippen LogP contribution in [0.2, 0.25) is 0 Å². The smallest absolute Gasteiger partial charge is 0.407 e. The second kappa shape index (κ2) is 8.49. The number of nitrogens with zero attached hydrogens (tertiary/aromatic N) is 1. The molecule has 0 spiro atoms. The van der Waals surface area contributed by atoms with Crippen LogP contribution in [0.5, 0.6) is 0 Å². The molecule has 1 amide bonds. The van der Waals surface area contributed by atoms with Gasteiger partial charge in [-0.15, -0.1) is 0 Å². The van der Waals surface area contributed by atoms with Gasteiger partial charge in [-0.3, -0.25) is 0 Å². The molecule has 0 aliphatic heterocycles. The number of hydrogen-bond donors (Lipinski definition) is 1. The molecule has 100 valence electrons. The van der Waals surface area contributed by atoms with Crippen molar-refractivity contribution in [2.24, 2.45) is 0 Å². The summed E-state index contributed by atoms with van der Waals surface area (Å²) in [6.45, 7) is 1.63. The Bertz CT molecular complexity index is 343. The molecule has 0 unspecified atom stereocenters. The predicted molar refractivity (Wildman–Crippen MR) is 68.9 cm³/mol. The number of carbonyl (C=O) groups is 1. The number of alkyl carbamates (subject to hydrolysis) is 1. The number of ether oxygens (including phenoxy) is 1. The molecule has 1 aromatic carbocycles. The fraction of sp³-hybridized carbons (Fsp3) is 0.462. The fourth-order valence-corrected chi connectivity index (χ4v) is 1.36. The van der Waals surface area contributed by atoms with Crippen molar-refractivity contribution in [3.05, 3.63) is 35.9 Å². The molecular weight excluding hydrogens is 232 g/mol. The molecule has 0 fully saturated rings. The summed E-state index contributed by atoms with van der Waals surface area (Å²) < 4.78 is 5.07. The van der Waals surface area contributed by atoms with Crippen LogP contribution >= 0.6 is 0 Å². The Labute approximate surface area is 108 Å². The van der Waals surface area contributed by atoms with E-state index in [-0.39, 0.29) is 6.09 Å². The quantitative estimate of drug-likeness (QED) is 0.594. The molecule has 5 heteroatoms. The monoisotopic (exact) mass is 252 g/mol. The molecule has 0 bridgehead atoms. The van der Waals surface area contributed by atoms with Crippen molar-refractivity contribution < 1.29 is 14.4 Å². The summed E-state index contributed by atoms with van der Waals surface area (Å²) in [5.74, 6) is 0. The lowest BCUT2D eigenvalue weighted by atomic mass is 10.2. The topological polar surface area (TPSA) is 50.8 Å². The van der Waals surface area contributed by atoms with Gasteiger partial charge in [-0.2, -0.15) is 5.06 Å². The third-order valence-electron chi connectivity index (χ3n) is 2.44. The summed E-state index contributed by atoms with van der Waals surface area (Å²) in [6, 6.07) is 9.59. The standard InChI is InChI=1S/C13H20N2O3/c1-15(17-2)10-6-9-14-13(16)18-11-12-7-4-3-5-8-12/h3-5,7-8H,6,9-11H2,1-2H3,(H,14,16). The van der Waals surface area contributed by atoms with Gasteiger partial charge in [0.25, 0.3) is 0 Å². The normalized spacial score (nSPS) is 10.4. The van der Waals surface area contributed by atoms with E-state index < -0.39 is 0 Å². The molecule has 0 radical (unpaired) electrons. The number of nitrogens with one attached hydrogen (secondary N) is 1. The molecular formula is C13H20N2O3. The number of carbonyl (C=O) groups excluding carboxylic acids is 1. The van der Waals surface area contributed by atoms with E-state index in [2.05, 4.69) is 5.32 Å². The average molecular weight is 252 g/mol. The van der Waals surface area contributed by atoms with Gasteiger partial charge in [0.05, 0.1) is 7.11 Å². The minimum absolute atomic E-state index is 0.296. The Morgan fingerprint density at radius 2 is 2.06 bits per heavy atom. The van der Waals surface area contributed by atoms with Crippen molar-refractivity contribution in [1.29, 1.82) is 0 Å². The highest BCUT2D eigenvalue weighted by Crippen LogP contribution is 2.00. The molecule has 0 saturated heterocycles. The minimum Gasteiger partial charge on any atom is -0.445 e. The van der Waals surface area contributed by atoms with Gasteiger partial charge in [0.15, 0.2) is 0 Å². The van der Waals surface area contributed by atoms with Crippen molar-refractivity contribution in [2.45, 2.75) is 13.0 Å². The van der Waals surface area contributed by atoms with Gasteiger partial charge in [-0.25, -0.2) is 4.79 Å². The second-order valence-electron chi connectivity index (χ2n) is 3.88. The van der Waals surface area contributed by atoms with Crippen LogP contribution in [-0.2, 0) is 16.2 Å². The molecule has 5 nitrogen and oxygen atoms in total. The first-order valence-corrected chi connectivity index (χ1v) is 5.92. The highest BCUT2D eigenvalue weighted by molar-refractivity contribution is 5.67. The molecule has 0 aliphatic rings. The van der Waals surface area contributed by atoms with E-state index >= 15 is 0 Å². The highest BCUT2D eigenvalue weighted by Gasteiger charge is 2.02. The van der Waals surface area contributed by atoms with E-state index in [0.717, 1.165) is 18.5 Å². The van der Waals surface area contributed by atoms with E-state index in [1.807, 2.05) is 37.4 Å². The molecule has 0 aromatic heterocycles. The Kier molecular flexibility index (Phi) is 6.83. The molecule has 1 N–H and O–H groups in total. The van der Waals surface area contributed by atoms with Gasteiger partial charge in [-0.05, 0) is 12.0 Å². The van der Waals surface area contributed by atoms with Crippen LogP contribution in [0, 0.1) is 0 Å². The Balaban J connectivity index is 2.07. The lowest BCUT2D eigenvalue weighted by Crippen LogP contribution is -2.28. The van der Waals surface area contributed by atoms with Crippen LogP contribution in [0.1, 0.15) is 12.0 Å². The van der Waals surface area contributed by atoms with Crippen molar-refractivity contribution in [3.8, 4) is 0 Å². The maximum absolute atomic E-state index is 11.4. The average Bonchev–Trinajstić information content (AvgIpc) is 2.42. The highest BCUT2D eigenvalue weighted by atomic mass is 16.7. The van der Waals surface area contributed by atoms with Crippen molar-refractivity contribution in [3.63, 3.8) is 0 Å². The SMILES string of the molecule is CON(C)CCCNC(=O)OCc1ccccc1. The molecule has 0 saturated carbocycles. The van der Waals surface area contributed by atoms with Crippen LogP contribution in [0.25, 0.3) is 0 Å². The Morgan fingerprint density at radius 3 is 2.72 bits per heavy atom. The summed E-state index contributed by atoms with van der Waals surface area (Å²) in [5, 5.41) is 4.39. The van der Waals surface area contributed by atoms with E-state index in [4.69, 9.17) is 9.57 Å². The zero-order chi connectivity index (χ0) is 13.2. The number of benzene rings is 1. The zero-order valence-electron chi connectivity index (χ0n) is 10.9. The number of amides is 1. The first-order chi connectivity index (χ1) is 8.72. The first-order valence-electron chi connectivity index (χ1n) is 5.92. The summed E-state index contributed by atoms with van der Waals surface area (Å²) >= 11 is 0. The molecule has 0 aliphatic carbocycles. The third kappa shape index (κ3) is 6.22. The fourth-order valence-electron chi connectivity index (χ4n) is 1.36. The lowest BCUT2D eigenvalue weighted by Gasteiger charge is -2.13. The summed E-state index contributed by atoms with van der Waals surface area (Å²) in [5.41, 5.74) is 0.978. The zero-order valence-corrected chi connectivity index (χ0v) is 10.9. The predicted octanol–water partition coefficient (Wildman–Crippen LogP) is 1.80. The van der Waals surface area contributed by atoms with Gasteiger partial charge in [0, 0.05) is 20.1 Å². The van der Waals surface area contributed by atoms with Gasteiger partial charge < -0.3 is 14.9 Å². The number of hydroxylamine groups is 2. The van der Waals surface area contributed by atoms with E-state index in [0.29, 0.717) is 13.2 Å². The maximum atomic E-state index is 11.4. The molecule has 18 heavy (non-hydrogen) atoms.